The number of aromatic nitrogens is 2. The fourth-order valence-corrected chi connectivity index (χ4v) is 2.89. The van der Waals surface area contributed by atoms with E-state index in [0.717, 1.165) is 20.6 Å². The first-order valence-corrected chi connectivity index (χ1v) is 7.19. The van der Waals surface area contributed by atoms with Gasteiger partial charge in [-0.2, -0.15) is 0 Å². The van der Waals surface area contributed by atoms with Crippen molar-refractivity contribution in [2.75, 3.05) is 5.73 Å². The summed E-state index contributed by atoms with van der Waals surface area (Å²) < 4.78 is 6.62. The second-order valence-electron chi connectivity index (χ2n) is 4.08. The summed E-state index contributed by atoms with van der Waals surface area (Å²) in [5, 5.41) is 1.45. The van der Waals surface area contributed by atoms with Gasteiger partial charge in [-0.25, -0.2) is 9.97 Å². The molecule has 3 aromatic rings. The number of nitrogens with zero attached hydrogens (tertiary/aromatic N) is 2. The van der Waals surface area contributed by atoms with E-state index in [4.69, 9.17) is 10.2 Å². The van der Waals surface area contributed by atoms with Crippen LogP contribution in [0.25, 0.3) is 11.1 Å². The van der Waals surface area contributed by atoms with E-state index in [1.807, 2.05) is 25.1 Å². The Morgan fingerprint density at radius 2 is 2.16 bits per heavy atom. The molecule has 3 rings (SSSR count). The Morgan fingerprint density at radius 3 is 2.95 bits per heavy atom. The highest BCUT2D eigenvalue weighted by Gasteiger charge is 2.10. The van der Waals surface area contributed by atoms with E-state index in [1.165, 1.54) is 11.8 Å². The monoisotopic (exact) mass is 335 g/mol. The molecule has 19 heavy (non-hydrogen) atoms. The SMILES string of the molecule is Cc1cc(Br)cnc1Sc1nc2ccc(N)cc2o1. The van der Waals surface area contributed by atoms with Crippen LogP contribution in [-0.4, -0.2) is 9.97 Å². The standard InChI is InChI=1S/C13H10BrN3OS/c1-7-4-8(14)6-16-12(7)19-13-17-10-3-2-9(15)5-11(10)18-13/h2-6H,15H2,1H3. The van der Waals surface area contributed by atoms with Crippen LogP contribution in [-0.2, 0) is 0 Å². The molecule has 0 aliphatic heterocycles. The lowest BCUT2D eigenvalue weighted by Crippen LogP contribution is -1.85. The topological polar surface area (TPSA) is 64.9 Å². The Kier molecular flexibility index (Phi) is 3.20. The molecule has 4 nitrogen and oxygen atoms in total. The zero-order chi connectivity index (χ0) is 13.4. The highest BCUT2D eigenvalue weighted by atomic mass is 79.9. The average Bonchev–Trinajstić information content (AvgIpc) is 2.74. The summed E-state index contributed by atoms with van der Waals surface area (Å²) in [7, 11) is 0. The Bertz CT molecular complexity index is 757. The number of aryl methyl sites for hydroxylation is 1. The van der Waals surface area contributed by atoms with Crippen LogP contribution < -0.4 is 5.73 Å². The molecule has 0 aliphatic carbocycles. The fourth-order valence-electron chi connectivity index (χ4n) is 1.68. The van der Waals surface area contributed by atoms with Crippen LogP contribution in [0.1, 0.15) is 5.56 Å². The Hall–Kier alpha value is -1.53. The number of hydrogen-bond donors (Lipinski definition) is 1. The summed E-state index contributed by atoms with van der Waals surface area (Å²) in [5.74, 6) is 0. The molecule has 2 aromatic heterocycles. The summed E-state index contributed by atoms with van der Waals surface area (Å²) in [4.78, 5) is 8.75. The minimum atomic E-state index is 0.568. The summed E-state index contributed by atoms with van der Waals surface area (Å²) in [6, 6.07) is 7.44. The average molecular weight is 336 g/mol. The van der Waals surface area contributed by atoms with Crippen molar-refractivity contribution in [1.29, 1.82) is 0 Å². The third kappa shape index (κ3) is 2.59. The van der Waals surface area contributed by atoms with Crippen molar-refractivity contribution < 1.29 is 4.42 Å². The number of benzene rings is 1. The van der Waals surface area contributed by atoms with Crippen molar-refractivity contribution in [3.8, 4) is 0 Å². The Labute approximate surface area is 122 Å². The van der Waals surface area contributed by atoms with Gasteiger partial charge in [0.05, 0.1) is 0 Å². The molecular formula is C13H10BrN3OS. The summed E-state index contributed by atoms with van der Waals surface area (Å²) in [6.45, 7) is 2.00. The number of pyridine rings is 1. The predicted octanol–water partition coefficient (Wildman–Crippen LogP) is 4.03. The van der Waals surface area contributed by atoms with Crippen molar-refractivity contribution in [2.24, 2.45) is 0 Å². The van der Waals surface area contributed by atoms with E-state index in [9.17, 15) is 0 Å². The van der Waals surface area contributed by atoms with Gasteiger partial charge in [0.2, 0.25) is 0 Å². The first-order chi connectivity index (χ1) is 9.11. The molecule has 0 saturated carbocycles. The molecule has 0 radical (unpaired) electrons. The number of anilines is 1. The van der Waals surface area contributed by atoms with Gasteiger partial charge in [0.15, 0.2) is 5.58 Å². The van der Waals surface area contributed by atoms with Crippen LogP contribution in [0.3, 0.4) is 0 Å². The van der Waals surface area contributed by atoms with E-state index in [1.54, 1.807) is 12.3 Å². The molecule has 0 unspecified atom stereocenters. The largest absolute Gasteiger partial charge is 0.431 e. The van der Waals surface area contributed by atoms with Crippen molar-refractivity contribution in [1.82, 2.24) is 9.97 Å². The molecule has 0 atom stereocenters. The molecule has 0 fully saturated rings. The van der Waals surface area contributed by atoms with Crippen LogP contribution >= 0.6 is 27.7 Å². The number of nitrogens with two attached hydrogens (primary N) is 1. The van der Waals surface area contributed by atoms with Crippen LogP contribution in [0.4, 0.5) is 5.69 Å². The van der Waals surface area contributed by atoms with E-state index in [-0.39, 0.29) is 0 Å². The number of halogens is 1. The molecule has 1 aromatic carbocycles. The number of rotatable bonds is 2. The minimum Gasteiger partial charge on any atom is -0.431 e. The lowest BCUT2D eigenvalue weighted by molar-refractivity contribution is 0.489. The molecule has 2 heterocycles. The first kappa shape index (κ1) is 12.5. The maximum Gasteiger partial charge on any atom is 0.263 e. The minimum absolute atomic E-state index is 0.568. The third-order valence-electron chi connectivity index (χ3n) is 2.57. The van der Waals surface area contributed by atoms with Crippen molar-refractivity contribution >= 4 is 44.5 Å². The molecule has 0 bridgehead atoms. The van der Waals surface area contributed by atoms with Gasteiger partial charge in [-0.05, 0) is 58.4 Å². The smallest absolute Gasteiger partial charge is 0.263 e. The van der Waals surface area contributed by atoms with Crippen LogP contribution in [0.2, 0.25) is 0 Å². The lowest BCUT2D eigenvalue weighted by atomic mass is 10.3. The van der Waals surface area contributed by atoms with Crippen molar-refractivity contribution in [3.63, 3.8) is 0 Å². The molecule has 0 saturated heterocycles. The van der Waals surface area contributed by atoms with Gasteiger partial charge in [-0.15, -0.1) is 0 Å². The quantitative estimate of drug-likeness (QED) is 0.716. The van der Waals surface area contributed by atoms with Crippen molar-refractivity contribution in [3.05, 3.63) is 40.5 Å². The predicted molar refractivity (Wildman–Crippen MR) is 79.2 cm³/mol. The first-order valence-electron chi connectivity index (χ1n) is 5.58. The highest BCUT2D eigenvalue weighted by Crippen LogP contribution is 2.31. The summed E-state index contributed by atoms with van der Waals surface area (Å²) in [6.07, 6.45) is 1.76. The van der Waals surface area contributed by atoms with Gasteiger partial charge >= 0.3 is 0 Å². The Balaban J connectivity index is 1.96. The number of hydrogen-bond acceptors (Lipinski definition) is 5. The zero-order valence-corrected chi connectivity index (χ0v) is 12.5. The van der Waals surface area contributed by atoms with Crippen LogP contribution in [0.15, 0.2) is 49.6 Å². The molecule has 0 aliphatic rings. The van der Waals surface area contributed by atoms with Gasteiger partial charge in [0.1, 0.15) is 10.5 Å². The zero-order valence-electron chi connectivity index (χ0n) is 10.1. The van der Waals surface area contributed by atoms with E-state index in [0.29, 0.717) is 16.5 Å². The van der Waals surface area contributed by atoms with Gasteiger partial charge in [0.25, 0.3) is 5.22 Å². The Morgan fingerprint density at radius 1 is 1.32 bits per heavy atom. The summed E-state index contributed by atoms with van der Waals surface area (Å²) >= 11 is 4.80. The molecule has 6 heteroatoms. The van der Waals surface area contributed by atoms with Gasteiger partial charge < -0.3 is 10.2 Å². The second kappa shape index (κ2) is 4.86. The maximum atomic E-state index is 5.71. The summed E-state index contributed by atoms with van der Waals surface area (Å²) in [5.41, 5.74) is 8.94. The van der Waals surface area contributed by atoms with E-state index in [2.05, 4.69) is 25.9 Å². The number of oxazole rings is 1. The molecule has 2 N–H and O–H groups in total. The van der Waals surface area contributed by atoms with Gasteiger partial charge in [0, 0.05) is 22.4 Å². The molecule has 96 valence electrons. The molecule has 0 spiro atoms. The van der Waals surface area contributed by atoms with Crippen LogP contribution in [0, 0.1) is 6.92 Å². The highest BCUT2D eigenvalue weighted by molar-refractivity contribution is 9.10. The van der Waals surface area contributed by atoms with E-state index >= 15 is 0 Å². The number of fused-ring (bicyclic) bond motifs is 1. The van der Waals surface area contributed by atoms with E-state index < -0.39 is 0 Å². The van der Waals surface area contributed by atoms with Gasteiger partial charge in [-0.1, -0.05) is 0 Å². The van der Waals surface area contributed by atoms with Crippen LogP contribution in [0.5, 0.6) is 0 Å². The van der Waals surface area contributed by atoms with Crippen molar-refractivity contribution in [2.45, 2.75) is 17.2 Å². The molecular weight excluding hydrogens is 326 g/mol. The molecule has 0 amide bonds. The van der Waals surface area contributed by atoms with Gasteiger partial charge in [-0.3, -0.25) is 0 Å². The normalized spacial score (nSPS) is 11.1. The third-order valence-corrected chi connectivity index (χ3v) is 3.98. The fraction of sp³-hybridized carbons (Fsp3) is 0.0769. The number of nitrogen functional groups attached to an aromatic ring is 1. The maximum absolute atomic E-state index is 5.71. The second-order valence-corrected chi connectivity index (χ2v) is 5.94. The lowest BCUT2D eigenvalue weighted by Gasteiger charge is -2.01.